The molecule has 1 aromatic carbocycles. The van der Waals surface area contributed by atoms with Gasteiger partial charge in [0.1, 0.15) is 5.82 Å². The molecular formula is C13H21FN4. The first-order valence-corrected chi connectivity index (χ1v) is 5.97. The van der Waals surface area contributed by atoms with Crippen LogP contribution in [0, 0.1) is 5.82 Å². The van der Waals surface area contributed by atoms with Gasteiger partial charge in [-0.05, 0) is 24.7 Å². The standard InChI is InChI=1S/C13H21FN4/c1-15-13(16-2)17-8-9-18(3)10-11-4-6-12(14)7-5-11/h4-7H,8-10H2,1-3H3,(H2,15,16,17). The molecule has 2 N–H and O–H groups in total. The van der Waals surface area contributed by atoms with Crippen molar-refractivity contribution >= 4 is 5.96 Å². The van der Waals surface area contributed by atoms with Crippen molar-refractivity contribution in [3.8, 4) is 0 Å². The fourth-order valence-corrected chi connectivity index (χ4v) is 1.62. The highest BCUT2D eigenvalue weighted by Gasteiger charge is 2.01. The fourth-order valence-electron chi connectivity index (χ4n) is 1.62. The molecule has 0 aromatic heterocycles. The summed E-state index contributed by atoms with van der Waals surface area (Å²) in [5.41, 5.74) is 1.11. The Kier molecular flexibility index (Phi) is 6.14. The number of hydrogen-bond donors (Lipinski definition) is 2. The van der Waals surface area contributed by atoms with E-state index in [9.17, 15) is 4.39 Å². The molecule has 0 aliphatic carbocycles. The molecule has 0 aliphatic rings. The summed E-state index contributed by atoms with van der Waals surface area (Å²) < 4.78 is 12.7. The molecule has 4 nitrogen and oxygen atoms in total. The van der Waals surface area contributed by atoms with Crippen LogP contribution in [0.1, 0.15) is 5.56 Å². The van der Waals surface area contributed by atoms with Gasteiger partial charge in [-0.3, -0.25) is 4.99 Å². The van der Waals surface area contributed by atoms with Crippen LogP contribution in [-0.2, 0) is 6.54 Å². The highest BCUT2D eigenvalue weighted by Crippen LogP contribution is 2.04. The van der Waals surface area contributed by atoms with Gasteiger partial charge < -0.3 is 15.5 Å². The van der Waals surface area contributed by atoms with Crippen LogP contribution in [0.25, 0.3) is 0 Å². The van der Waals surface area contributed by atoms with Gasteiger partial charge in [0.25, 0.3) is 0 Å². The van der Waals surface area contributed by atoms with Gasteiger partial charge in [-0.25, -0.2) is 4.39 Å². The van der Waals surface area contributed by atoms with E-state index >= 15 is 0 Å². The van der Waals surface area contributed by atoms with Crippen molar-refractivity contribution in [2.75, 3.05) is 34.2 Å². The molecule has 0 fully saturated rings. The monoisotopic (exact) mass is 252 g/mol. The molecule has 0 saturated heterocycles. The molecule has 0 saturated carbocycles. The van der Waals surface area contributed by atoms with Crippen LogP contribution >= 0.6 is 0 Å². The van der Waals surface area contributed by atoms with Gasteiger partial charge >= 0.3 is 0 Å². The Morgan fingerprint density at radius 2 is 2.00 bits per heavy atom. The van der Waals surface area contributed by atoms with Crippen molar-refractivity contribution in [2.45, 2.75) is 6.54 Å². The van der Waals surface area contributed by atoms with Crippen molar-refractivity contribution in [3.05, 3.63) is 35.6 Å². The zero-order valence-corrected chi connectivity index (χ0v) is 11.2. The van der Waals surface area contributed by atoms with E-state index in [1.807, 2.05) is 26.2 Å². The van der Waals surface area contributed by atoms with Crippen molar-refractivity contribution in [2.24, 2.45) is 4.99 Å². The lowest BCUT2D eigenvalue weighted by Crippen LogP contribution is -2.39. The molecule has 5 heteroatoms. The first-order valence-electron chi connectivity index (χ1n) is 5.97. The smallest absolute Gasteiger partial charge is 0.190 e. The fraction of sp³-hybridized carbons (Fsp3) is 0.462. The van der Waals surface area contributed by atoms with E-state index in [0.717, 1.165) is 31.2 Å². The first-order chi connectivity index (χ1) is 8.65. The van der Waals surface area contributed by atoms with Gasteiger partial charge in [-0.2, -0.15) is 0 Å². The van der Waals surface area contributed by atoms with E-state index in [-0.39, 0.29) is 5.82 Å². The van der Waals surface area contributed by atoms with E-state index < -0.39 is 0 Å². The summed E-state index contributed by atoms with van der Waals surface area (Å²) in [5.74, 6) is 0.589. The summed E-state index contributed by atoms with van der Waals surface area (Å²) >= 11 is 0. The molecule has 0 heterocycles. The molecule has 0 spiro atoms. The Morgan fingerprint density at radius 3 is 2.56 bits per heavy atom. The SMILES string of the molecule is CN=C(NC)NCCN(C)Cc1ccc(F)cc1. The van der Waals surface area contributed by atoms with Gasteiger partial charge in [0, 0.05) is 33.7 Å². The summed E-state index contributed by atoms with van der Waals surface area (Å²) in [7, 11) is 5.60. The van der Waals surface area contributed by atoms with Gasteiger partial charge in [0.15, 0.2) is 5.96 Å². The quantitative estimate of drug-likeness (QED) is 0.608. The number of nitrogens with one attached hydrogen (secondary N) is 2. The minimum atomic E-state index is -0.194. The maximum absolute atomic E-state index is 12.7. The van der Waals surface area contributed by atoms with E-state index in [1.54, 1.807) is 7.05 Å². The Hall–Kier alpha value is -1.62. The molecule has 0 atom stereocenters. The molecule has 0 radical (unpaired) electrons. The van der Waals surface area contributed by atoms with Gasteiger partial charge in [-0.1, -0.05) is 12.1 Å². The molecule has 0 amide bonds. The largest absolute Gasteiger partial charge is 0.359 e. The third kappa shape index (κ3) is 5.14. The molecule has 0 unspecified atom stereocenters. The second-order valence-corrected chi connectivity index (χ2v) is 4.11. The van der Waals surface area contributed by atoms with Crippen LogP contribution in [0.5, 0.6) is 0 Å². The highest BCUT2D eigenvalue weighted by atomic mass is 19.1. The van der Waals surface area contributed by atoms with Crippen molar-refractivity contribution < 1.29 is 4.39 Å². The van der Waals surface area contributed by atoms with Crippen LogP contribution < -0.4 is 10.6 Å². The van der Waals surface area contributed by atoms with Crippen LogP contribution in [0.4, 0.5) is 4.39 Å². The maximum Gasteiger partial charge on any atom is 0.190 e. The zero-order valence-electron chi connectivity index (χ0n) is 11.2. The highest BCUT2D eigenvalue weighted by molar-refractivity contribution is 5.79. The molecule has 0 bridgehead atoms. The number of benzene rings is 1. The number of hydrogen-bond acceptors (Lipinski definition) is 2. The van der Waals surface area contributed by atoms with Crippen molar-refractivity contribution in [1.29, 1.82) is 0 Å². The Balaban J connectivity index is 2.29. The average molecular weight is 252 g/mol. The number of likely N-dealkylation sites (N-methyl/N-ethyl adjacent to an activating group) is 1. The molecule has 0 aliphatic heterocycles. The van der Waals surface area contributed by atoms with E-state index in [2.05, 4.69) is 20.5 Å². The molecule has 18 heavy (non-hydrogen) atoms. The lowest BCUT2D eigenvalue weighted by Gasteiger charge is -2.17. The third-order valence-electron chi connectivity index (χ3n) is 2.61. The molecule has 1 rings (SSSR count). The zero-order chi connectivity index (χ0) is 13.4. The van der Waals surface area contributed by atoms with E-state index in [1.165, 1.54) is 12.1 Å². The first kappa shape index (κ1) is 14.4. The predicted octanol–water partition coefficient (Wildman–Crippen LogP) is 1.05. The Bertz CT molecular complexity index is 375. The van der Waals surface area contributed by atoms with Crippen LogP contribution in [-0.4, -0.2) is 45.1 Å². The summed E-state index contributed by atoms with van der Waals surface area (Å²) in [5, 5.41) is 6.14. The summed E-state index contributed by atoms with van der Waals surface area (Å²) in [6.07, 6.45) is 0. The van der Waals surface area contributed by atoms with E-state index in [0.29, 0.717) is 0 Å². The molecule has 100 valence electrons. The third-order valence-corrected chi connectivity index (χ3v) is 2.61. The van der Waals surface area contributed by atoms with Gasteiger partial charge in [0.05, 0.1) is 0 Å². The van der Waals surface area contributed by atoms with Gasteiger partial charge in [-0.15, -0.1) is 0 Å². The van der Waals surface area contributed by atoms with Crippen LogP contribution in [0.15, 0.2) is 29.3 Å². The number of halogens is 1. The number of guanidine groups is 1. The number of nitrogens with zero attached hydrogens (tertiary/aromatic N) is 2. The summed E-state index contributed by atoms with van der Waals surface area (Å²) in [6, 6.07) is 6.60. The van der Waals surface area contributed by atoms with Crippen LogP contribution in [0.3, 0.4) is 0 Å². The summed E-state index contributed by atoms with van der Waals surface area (Å²) in [4.78, 5) is 6.20. The minimum absolute atomic E-state index is 0.194. The van der Waals surface area contributed by atoms with Crippen molar-refractivity contribution in [1.82, 2.24) is 15.5 Å². The second-order valence-electron chi connectivity index (χ2n) is 4.11. The van der Waals surface area contributed by atoms with Crippen LogP contribution in [0.2, 0.25) is 0 Å². The lowest BCUT2D eigenvalue weighted by molar-refractivity contribution is 0.331. The lowest BCUT2D eigenvalue weighted by atomic mass is 10.2. The Labute approximate surface area is 108 Å². The molecular weight excluding hydrogens is 231 g/mol. The van der Waals surface area contributed by atoms with Gasteiger partial charge in [0.2, 0.25) is 0 Å². The summed E-state index contributed by atoms with van der Waals surface area (Å²) in [6.45, 7) is 2.50. The number of rotatable bonds is 5. The molecule has 1 aromatic rings. The van der Waals surface area contributed by atoms with E-state index in [4.69, 9.17) is 0 Å². The second kappa shape index (κ2) is 7.66. The topological polar surface area (TPSA) is 39.7 Å². The number of aliphatic imine (C=N–C) groups is 1. The maximum atomic E-state index is 12.7. The predicted molar refractivity (Wildman–Crippen MR) is 73.2 cm³/mol. The minimum Gasteiger partial charge on any atom is -0.359 e. The van der Waals surface area contributed by atoms with Crippen molar-refractivity contribution in [3.63, 3.8) is 0 Å². The Morgan fingerprint density at radius 1 is 1.33 bits per heavy atom. The average Bonchev–Trinajstić information content (AvgIpc) is 2.37. The normalized spacial score (nSPS) is 11.7.